The van der Waals surface area contributed by atoms with Crippen LogP contribution < -0.4 is 5.32 Å². The summed E-state index contributed by atoms with van der Waals surface area (Å²) in [4.78, 5) is 13.3. The van der Waals surface area contributed by atoms with Crippen LogP contribution in [0.3, 0.4) is 0 Å². The molecule has 4 heteroatoms. The highest BCUT2D eigenvalue weighted by Gasteiger charge is 2.57. The maximum atomic E-state index is 13.3. The zero-order chi connectivity index (χ0) is 24.4. The van der Waals surface area contributed by atoms with Gasteiger partial charge in [0.15, 0.2) is 0 Å². The van der Waals surface area contributed by atoms with Crippen LogP contribution in [0.15, 0.2) is 12.2 Å². The number of rotatable bonds is 17. The van der Waals surface area contributed by atoms with Gasteiger partial charge in [0.25, 0.3) is 0 Å². The van der Waals surface area contributed by atoms with E-state index < -0.39 is 12.1 Å². The van der Waals surface area contributed by atoms with Crippen molar-refractivity contribution in [2.75, 3.05) is 6.61 Å². The van der Waals surface area contributed by atoms with Crippen molar-refractivity contribution in [3.05, 3.63) is 12.2 Å². The average molecular weight is 476 g/mol. The van der Waals surface area contributed by atoms with Crippen LogP contribution in [0.4, 0.5) is 0 Å². The van der Waals surface area contributed by atoms with Crippen molar-refractivity contribution >= 4 is 5.91 Å². The predicted molar refractivity (Wildman–Crippen MR) is 140 cm³/mol. The minimum atomic E-state index is -0.825. The Labute approximate surface area is 209 Å². The zero-order valence-electron chi connectivity index (χ0n) is 22.1. The van der Waals surface area contributed by atoms with Gasteiger partial charge in [-0.3, -0.25) is 4.79 Å². The van der Waals surface area contributed by atoms with Gasteiger partial charge in [0.05, 0.1) is 18.8 Å². The van der Waals surface area contributed by atoms with E-state index in [0.717, 1.165) is 38.0 Å². The summed E-state index contributed by atoms with van der Waals surface area (Å²) >= 11 is 0. The number of nitrogens with one attached hydrogen (secondary N) is 1. The number of unbranched alkanes of at least 4 members (excludes halogenated alkanes) is 11. The van der Waals surface area contributed by atoms with Crippen molar-refractivity contribution < 1.29 is 15.0 Å². The molecule has 3 N–H and O–H groups in total. The Morgan fingerprint density at radius 2 is 1.50 bits per heavy atom. The summed E-state index contributed by atoms with van der Waals surface area (Å²) in [7, 11) is 0. The molecule has 4 unspecified atom stereocenters. The molecule has 4 rings (SSSR count). The van der Waals surface area contributed by atoms with Crippen molar-refractivity contribution in [1.29, 1.82) is 0 Å². The third kappa shape index (κ3) is 7.56. The summed E-state index contributed by atoms with van der Waals surface area (Å²) < 4.78 is 0. The van der Waals surface area contributed by atoms with Crippen LogP contribution >= 0.6 is 0 Å². The molecule has 0 heterocycles. The van der Waals surface area contributed by atoms with Gasteiger partial charge >= 0.3 is 0 Å². The van der Waals surface area contributed by atoms with Crippen LogP contribution in [0.1, 0.15) is 123 Å². The van der Waals surface area contributed by atoms with Gasteiger partial charge in [0, 0.05) is 5.41 Å². The van der Waals surface area contributed by atoms with Gasteiger partial charge in [-0.15, -0.1) is 0 Å². The summed E-state index contributed by atoms with van der Waals surface area (Å²) in [5.41, 5.74) is -0.255. The van der Waals surface area contributed by atoms with Gasteiger partial charge < -0.3 is 15.5 Å². The van der Waals surface area contributed by atoms with Crippen LogP contribution in [0.25, 0.3) is 0 Å². The van der Waals surface area contributed by atoms with Gasteiger partial charge in [-0.2, -0.15) is 0 Å². The zero-order valence-corrected chi connectivity index (χ0v) is 22.1. The molecule has 1 amide bonds. The molecule has 0 spiro atoms. The summed E-state index contributed by atoms with van der Waals surface area (Å²) in [6.45, 7) is 4.42. The van der Waals surface area contributed by atoms with Gasteiger partial charge in [-0.25, -0.2) is 0 Å². The van der Waals surface area contributed by atoms with Crippen LogP contribution in [0, 0.1) is 29.1 Å². The quantitative estimate of drug-likeness (QED) is 0.165. The fourth-order valence-corrected chi connectivity index (χ4v) is 7.41. The lowest BCUT2D eigenvalue weighted by Crippen LogP contribution is -2.59. The number of carbonyl (C=O) groups is 1. The molecule has 4 aliphatic carbocycles. The number of allylic oxidation sites excluding steroid dienone is 1. The van der Waals surface area contributed by atoms with E-state index in [1.54, 1.807) is 6.08 Å². The lowest BCUT2D eigenvalue weighted by Gasteiger charge is -2.58. The normalized spacial score (nSPS) is 31.8. The molecule has 0 saturated heterocycles. The molecule has 196 valence electrons. The van der Waals surface area contributed by atoms with Crippen molar-refractivity contribution in [2.45, 2.75) is 135 Å². The summed E-state index contributed by atoms with van der Waals surface area (Å²) in [5, 5.41) is 23.5. The third-order valence-electron chi connectivity index (χ3n) is 9.46. The van der Waals surface area contributed by atoms with E-state index >= 15 is 0 Å². The minimum absolute atomic E-state index is 0.0793. The first-order valence-corrected chi connectivity index (χ1v) is 14.8. The number of aliphatic hydroxyl groups is 2. The van der Waals surface area contributed by atoms with E-state index in [-0.39, 0.29) is 17.9 Å². The van der Waals surface area contributed by atoms with Crippen LogP contribution in [-0.2, 0) is 4.79 Å². The van der Waals surface area contributed by atoms with E-state index in [2.05, 4.69) is 19.2 Å². The van der Waals surface area contributed by atoms with Crippen LogP contribution in [0.5, 0.6) is 0 Å². The van der Waals surface area contributed by atoms with Crippen molar-refractivity contribution in [3.63, 3.8) is 0 Å². The molecule has 0 aliphatic heterocycles. The second kappa shape index (κ2) is 14.0. The van der Waals surface area contributed by atoms with Crippen molar-refractivity contribution in [2.24, 2.45) is 29.1 Å². The Hall–Kier alpha value is -0.870. The smallest absolute Gasteiger partial charge is 0.226 e. The molecule has 0 aromatic carbocycles. The lowest BCUT2D eigenvalue weighted by molar-refractivity contribution is -0.153. The first kappa shape index (κ1) is 27.7. The molecule has 0 aromatic rings. The SMILES string of the molecule is CCCCCCCCCCCCC/C=C/[C@@H](O)[C@H](CO)NC(=O)C12CC3CC(C1)C(C)[C@H](C3)C2. The van der Waals surface area contributed by atoms with Gasteiger partial charge in [0.2, 0.25) is 5.91 Å². The standard InChI is InChI=1S/C30H53NO3/c1-3-4-5-6-7-8-9-10-11-12-13-14-15-16-28(33)27(22-32)31-29(34)30-19-24-17-25(20-30)23(2)26(18-24)21-30/h15-16,23-28,32-33H,3-14,17-22H2,1-2H3,(H,31,34)/b16-15+/t23?,24?,25-,26?,27+,28-,30?/m1/s1. The molecule has 4 aliphatic rings. The van der Waals surface area contributed by atoms with Gasteiger partial charge in [0.1, 0.15) is 0 Å². The number of hydrogen-bond donors (Lipinski definition) is 3. The number of carbonyl (C=O) groups excluding carboxylic acids is 1. The predicted octanol–water partition coefficient (Wildman–Crippen LogP) is 6.54. The Kier molecular flexibility index (Phi) is 11.4. The molecule has 4 nitrogen and oxygen atoms in total. The van der Waals surface area contributed by atoms with E-state index in [0.29, 0.717) is 17.8 Å². The summed E-state index contributed by atoms with van der Waals surface area (Å²) in [6.07, 6.45) is 24.2. The number of hydrogen-bond acceptors (Lipinski definition) is 3. The topological polar surface area (TPSA) is 69.6 Å². The van der Waals surface area contributed by atoms with Gasteiger partial charge in [-0.05, 0) is 68.6 Å². The molecule has 0 radical (unpaired) electrons. The number of amides is 1. The lowest BCUT2D eigenvalue weighted by atomic mass is 9.46. The Morgan fingerprint density at radius 3 is 2.06 bits per heavy atom. The Morgan fingerprint density at radius 1 is 0.941 bits per heavy atom. The molecule has 4 fully saturated rings. The van der Waals surface area contributed by atoms with Gasteiger partial charge in [-0.1, -0.05) is 90.2 Å². The van der Waals surface area contributed by atoms with Crippen LogP contribution in [-0.4, -0.2) is 34.9 Å². The van der Waals surface area contributed by atoms with E-state index in [9.17, 15) is 15.0 Å². The average Bonchev–Trinajstić information content (AvgIpc) is 2.82. The maximum Gasteiger partial charge on any atom is 0.226 e. The molecule has 7 atom stereocenters. The third-order valence-corrected chi connectivity index (χ3v) is 9.46. The Balaban J connectivity index is 1.29. The molecule has 0 aromatic heterocycles. The molecular weight excluding hydrogens is 422 g/mol. The molecule has 34 heavy (non-hydrogen) atoms. The molecule has 4 saturated carbocycles. The second-order valence-corrected chi connectivity index (χ2v) is 12.1. The largest absolute Gasteiger partial charge is 0.394 e. The fourth-order valence-electron chi connectivity index (χ4n) is 7.41. The first-order valence-electron chi connectivity index (χ1n) is 14.8. The van der Waals surface area contributed by atoms with Crippen LogP contribution in [0.2, 0.25) is 0 Å². The van der Waals surface area contributed by atoms with E-state index in [1.165, 1.54) is 77.0 Å². The van der Waals surface area contributed by atoms with Crippen molar-refractivity contribution in [1.82, 2.24) is 5.32 Å². The number of aliphatic hydroxyl groups excluding tert-OH is 2. The first-order chi connectivity index (χ1) is 16.5. The molecule has 4 bridgehead atoms. The fraction of sp³-hybridized carbons (Fsp3) is 0.900. The minimum Gasteiger partial charge on any atom is -0.394 e. The van der Waals surface area contributed by atoms with E-state index in [4.69, 9.17) is 0 Å². The highest BCUT2D eigenvalue weighted by Crippen LogP contribution is 2.62. The molecular formula is C30H53NO3. The highest BCUT2D eigenvalue weighted by atomic mass is 16.3. The Bertz CT molecular complexity index is 617. The van der Waals surface area contributed by atoms with E-state index in [1.807, 2.05) is 6.08 Å². The van der Waals surface area contributed by atoms with Crippen molar-refractivity contribution in [3.8, 4) is 0 Å². The maximum absolute atomic E-state index is 13.3. The summed E-state index contributed by atoms with van der Waals surface area (Å²) in [6, 6.07) is -0.605. The second-order valence-electron chi connectivity index (χ2n) is 12.1. The highest BCUT2D eigenvalue weighted by molar-refractivity contribution is 5.83. The summed E-state index contributed by atoms with van der Waals surface area (Å²) in [5.74, 6) is 2.88. The monoisotopic (exact) mass is 475 g/mol.